The minimum absolute atomic E-state index is 0.0641. The highest BCUT2D eigenvalue weighted by atomic mass is 32.2. The third-order valence-electron chi connectivity index (χ3n) is 5.07. The number of carbonyl (C=O) groups is 1. The van der Waals surface area contributed by atoms with Crippen LogP contribution in [0.2, 0.25) is 0 Å². The molecule has 1 N–H and O–H groups in total. The van der Waals surface area contributed by atoms with Gasteiger partial charge >= 0.3 is 0 Å². The fourth-order valence-electron chi connectivity index (χ4n) is 3.30. The van der Waals surface area contributed by atoms with E-state index in [9.17, 15) is 13.2 Å². The fourth-order valence-corrected chi connectivity index (χ4v) is 4.39. The summed E-state index contributed by atoms with van der Waals surface area (Å²) >= 11 is 0. The van der Waals surface area contributed by atoms with Crippen molar-refractivity contribution >= 4 is 27.3 Å². The van der Waals surface area contributed by atoms with Crippen LogP contribution in [0.25, 0.3) is 0 Å². The van der Waals surface area contributed by atoms with E-state index >= 15 is 0 Å². The Kier molecular flexibility index (Phi) is 6.59. The van der Waals surface area contributed by atoms with Crippen LogP contribution >= 0.6 is 0 Å². The Morgan fingerprint density at radius 1 is 1.23 bits per heavy atom. The zero-order valence-corrected chi connectivity index (χ0v) is 18.9. The molecule has 1 heterocycles. The molecule has 1 amide bonds. The molecule has 166 valence electrons. The molecular weight excluding hydrogens is 416 g/mol. The number of methoxy groups -OCH3 is 1. The number of benzene rings is 2. The van der Waals surface area contributed by atoms with Crippen molar-refractivity contribution in [2.75, 3.05) is 35.6 Å². The second-order valence-corrected chi connectivity index (χ2v) is 9.92. The molecule has 0 saturated carbocycles. The van der Waals surface area contributed by atoms with Crippen molar-refractivity contribution in [1.29, 1.82) is 0 Å². The average molecular weight is 445 g/mol. The lowest BCUT2D eigenvalue weighted by Gasteiger charge is -2.27. The van der Waals surface area contributed by atoms with Gasteiger partial charge in [-0.25, -0.2) is 8.42 Å². The number of ether oxygens (including phenoxy) is 2. The van der Waals surface area contributed by atoms with Crippen LogP contribution in [-0.2, 0) is 21.2 Å². The number of sulfonamides is 1. The van der Waals surface area contributed by atoms with E-state index < -0.39 is 15.4 Å². The lowest BCUT2D eigenvalue weighted by Crippen LogP contribution is -2.42. The van der Waals surface area contributed by atoms with E-state index in [1.54, 1.807) is 48.4 Å². The normalized spacial score (nSPS) is 15.5. The summed E-state index contributed by atoms with van der Waals surface area (Å²) in [6.45, 7) is 7.90. The van der Waals surface area contributed by atoms with Crippen LogP contribution in [0, 0.1) is 5.41 Å². The van der Waals surface area contributed by atoms with E-state index in [0.29, 0.717) is 30.1 Å². The molecule has 7 nitrogen and oxygen atoms in total. The smallest absolute Gasteiger partial charge is 0.236 e. The van der Waals surface area contributed by atoms with Gasteiger partial charge in [-0.3, -0.25) is 9.52 Å². The highest BCUT2D eigenvalue weighted by Crippen LogP contribution is 2.38. The summed E-state index contributed by atoms with van der Waals surface area (Å²) in [6, 6.07) is 12.2. The second-order valence-electron chi connectivity index (χ2n) is 8.08. The first-order chi connectivity index (χ1) is 14.6. The Morgan fingerprint density at radius 2 is 1.94 bits per heavy atom. The number of carbonyl (C=O) groups excluding carboxylic acids is 1. The van der Waals surface area contributed by atoms with Crippen LogP contribution in [0.5, 0.6) is 11.5 Å². The maximum atomic E-state index is 12.9. The standard InChI is InChI=1S/C23H28N2O5S/c1-5-13-25-20-11-8-18(15-21(20)30-16-23(2,3)22(25)26)24-31(27,28)14-12-17-6-9-19(29-4)10-7-17/h5-11,15,24H,1,12-14,16H2,2-4H3. The van der Waals surface area contributed by atoms with Crippen molar-refractivity contribution in [3.05, 3.63) is 60.7 Å². The summed E-state index contributed by atoms with van der Waals surface area (Å²) in [4.78, 5) is 14.5. The molecular formula is C23H28N2O5S. The van der Waals surface area contributed by atoms with Crippen molar-refractivity contribution < 1.29 is 22.7 Å². The van der Waals surface area contributed by atoms with Crippen molar-refractivity contribution in [3.8, 4) is 11.5 Å². The number of nitrogens with zero attached hydrogens (tertiary/aromatic N) is 1. The molecule has 2 aromatic rings. The van der Waals surface area contributed by atoms with Crippen molar-refractivity contribution in [2.45, 2.75) is 20.3 Å². The summed E-state index contributed by atoms with van der Waals surface area (Å²) < 4.78 is 38.8. The van der Waals surface area contributed by atoms with E-state index in [-0.39, 0.29) is 18.3 Å². The molecule has 8 heteroatoms. The summed E-state index contributed by atoms with van der Waals surface area (Å²) in [5.74, 6) is 1.04. The first-order valence-electron chi connectivity index (χ1n) is 9.98. The van der Waals surface area contributed by atoms with Crippen LogP contribution in [0.15, 0.2) is 55.1 Å². The van der Waals surface area contributed by atoms with Gasteiger partial charge in [-0.2, -0.15) is 0 Å². The van der Waals surface area contributed by atoms with Gasteiger partial charge in [0.15, 0.2) is 0 Å². The van der Waals surface area contributed by atoms with Gasteiger partial charge in [0, 0.05) is 12.6 Å². The van der Waals surface area contributed by atoms with Crippen molar-refractivity contribution in [2.24, 2.45) is 5.41 Å². The summed E-state index contributed by atoms with van der Waals surface area (Å²) in [5, 5.41) is 0. The zero-order chi connectivity index (χ0) is 22.6. The topological polar surface area (TPSA) is 84.9 Å². The van der Waals surface area contributed by atoms with E-state index in [1.807, 2.05) is 26.0 Å². The van der Waals surface area contributed by atoms with Gasteiger partial charge in [0.05, 0.1) is 29.7 Å². The number of fused-ring (bicyclic) bond motifs is 1. The molecule has 31 heavy (non-hydrogen) atoms. The Bertz CT molecular complexity index is 1060. The maximum absolute atomic E-state index is 12.9. The van der Waals surface area contributed by atoms with Crippen LogP contribution in [0.3, 0.4) is 0 Å². The molecule has 0 bridgehead atoms. The molecule has 1 aliphatic rings. The SMILES string of the molecule is C=CCN1C(=O)C(C)(C)COc2cc(NS(=O)(=O)CCc3ccc(OC)cc3)ccc21. The number of amides is 1. The molecule has 0 aliphatic carbocycles. The van der Waals surface area contributed by atoms with Gasteiger partial charge in [0.2, 0.25) is 15.9 Å². The summed E-state index contributed by atoms with van der Waals surface area (Å²) in [5.41, 5.74) is 1.17. The van der Waals surface area contributed by atoms with Gasteiger partial charge in [-0.1, -0.05) is 18.2 Å². The van der Waals surface area contributed by atoms with Gasteiger partial charge in [-0.15, -0.1) is 6.58 Å². The predicted molar refractivity (Wildman–Crippen MR) is 122 cm³/mol. The third-order valence-corrected chi connectivity index (χ3v) is 6.36. The van der Waals surface area contributed by atoms with Gasteiger partial charge in [0.25, 0.3) is 0 Å². The number of hydrogen-bond donors (Lipinski definition) is 1. The minimum atomic E-state index is -3.58. The molecule has 0 radical (unpaired) electrons. The molecule has 2 aromatic carbocycles. The quantitative estimate of drug-likeness (QED) is 0.629. The average Bonchev–Trinajstić information content (AvgIpc) is 2.83. The molecule has 1 aliphatic heterocycles. The Labute approximate surface area is 183 Å². The van der Waals surface area contributed by atoms with E-state index in [2.05, 4.69) is 11.3 Å². The van der Waals surface area contributed by atoms with E-state index in [4.69, 9.17) is 9.47 Å². The summed E-state index contributed by atoms with van der Waals surface area (Å²) in [7, 11) is -1.99. The van der Waals surface area contributed by atoms with Crippen LogP contribution in [-0.4, -0.2) is 40.3 Å². The highest BCUT2D eigenvalue weighted by Gasteiger charge is 2.37. The molecule has 0 spiro atoms. The molecule has 0 saturated heterocycles. The first kappa shape index (κ1) is 22.7. The highest BCUT2D eigenvalue weighted by molar-refractivity contribution is 7.92. The van der Waals surface area contributed by atoms with E-state index in [1.165, 1.54) is 0 Å². The number of anilines is 2. The monoisotopic (exact) mass is 444 g/mol. The maximum Gasteiger partial charge on any atom is 0.236 e. The third kappa shape index (κ3) is 5.38. The first-order valence-corrected chi connectivity index (χ1v) is 11.6. The van der Waals surface area contributed by atoms with Crippen LogP contribution in [0.1, 0.15) is 19.4 Å². The Balaban J connectivity index is 1.76. The van der Waals surface area contributed by atoms with E-state index in [0.717, 1.165) is 11.3 Å². The van der Waals surface area contributed by atoms with Crippen molar-refractivity contribution in [1.82, 2.24) is 0 Å². The minimum Gasteiger partial charge on any atom is -0.497 e. The number of rotatable bonds is 8. The largest absolute Gasteiger partial charge is 0.497 e. The van der Waals surface area contributed by atoms with Gasteiger partial charge in [0.1, 0.15) is 18.1 Å². The second kappa shape index (κ2) is 9.01. The molecule has 3 rings (SSSR count). The zero-order valence-electron chi connectivity index (χ0n) is 18.1. The number of aryl methyl sites for hydroxylation is 1. The molecule has 0 fully saturated rings. The Morgan fingerprint density at radius 3 is 2.58 bits per heavy atom. The molecule has 0 aromatic heterocycles. The Hall–Kier alpha value is -3.00. The lowest BCUT2D eigenvalue weighted by molar-refractivity contribution is -0.127. The van der Waals surface area contributed by atoms with Gasteiger partial charge in [-0.05, 0) is 50.1 Å². The molecule has 0 atom stereocenters. The predicted octanol–water partition coefficient (Wildman–Crippen LogP) is 3.62. The van der Waals surface area contributed by atoms with Crippen molar-refractivity contribution in [3.63, 3.8) is 0 Å². The van der Waals surface area contributed by atoms with Gasteiger partial charge < -0.3 is 14.4 Å². The molecule has 0 unspecified atom stereocenters. The lowest BCUT2D eigenvalue weighted by atomic mass is 9.93. The van der Waals surface area contributed by atoms with Crippen LogP contribution < -0.4 is 19.1 Å². The van der Waals surface area contributed by atoms with Crippen LogP contribution in [0.4, 0.5) is 11.4 Å². The summed E-state index contributed by atoms with van der Waals surface area (Å²) in [6.07, 6.45) is 2.02. The number of hydrogen-bond acceptors (Lipinski definition) is 5. The number of nitrogens with one attached hydrogen (secondary N) is 1. The fraction of sp³-hybridized carbons (Fsp3) is 0.348.